The van der Waals surface area contributed by atoms with E-state index in [0.29, 0.717) is 4.48 Å². The molecule has 18 heavy (non-hydrogen) atoms. The second-order valence-corrected chi connectivity index (χ2v) is 5.13. The molecule has 7 nitrogen and oxygen atoms in total. The van der Waals surface area contributed by atoms with E-state index in [2.05, 4.69) is 0 Å². The fraction of sp³-hybridized carbons (Fsp3) is 0.727. The molecule has 0 saturated carbocycles. The van der Waals surface area contributed by atoms with Crippen LogP contribution in [0.4, 0.5) is 0 Å². The minimum atomic E-state index is -1.36. The summed E-state index contributed by atoms with van der Waals surface area (Å²) in [6.07, 6.45) is -1.02. The average molecular weight is 261 g/mol. The first-order valence-corrected chi connectivity index (χ1v) is 5.51. The molecule has 0 aliphatic heterocycles. The predicted molar refractivity (Wildman–Crippen MR) is 63.6 cm³/mol. The Morgan fingerprint density at radius 3 is 2.06 bits per heavy atom. The van der Waals surface area contributed by atoms with Crippen LogP contribution in [0.5, 0.6) is 0 Å². The van der Waals surface area contributed by atoms with Gasteiger partial charge in [-0.2, -0.15) is 0 Å². The summed E-state index contributed by atoms with van der Waals surface area (Å²) in [6.45, 7) is 1.03. The number of nitrogens with two attached hydrogens (primary N) is 1. The van der Waals surface area contributed by atoms with Crippen LogP contribution < -0.4 is 5.73 Å². The molecule has 104 valence electrons. The van der Waals surface area contributed by atoms with Gasteiger partial charge in [0.2, 0.25) is 0 Å². The fourth-order valence-corrected chi connectivity index (χ4v) is 1.56. The van der Waals surface area contributed by atoms with Crippen LogP contribution in [0.15, 0.2) is 0 Å². The lowest BCUT2D eigenvalue weighted by Crippen LogP contribution is -2.49. The maximum absolute atomic E-state index is 11.4. The van der Waals surface area contributed by atoms with Crippen LogP contribution in [0.2, 0.25) is 0 Å². The number of carboxylic acids is 1. The van der Waals surface area contributed by atoms with Gasteiger partial charge in [0.25, 0.3) is 0 Å². The summed E-state index contributed by atoms with van der Waals surface area (Å²) in [5.41, 5.74) is 5.12. The van der Waals surface area contributed by atoms with Gasteiger partial charge in [0.15, 0.2) is 12.0 Å². The lowest BCUT2D eigenvalue weighted by Gasteiger charge is -2.30. The van der Waals surface area contributed by atoms with Gasteiger partial charge in [-0.05, 0) is 6.92 Å². The third-order valence-corrected chi connectivity index (χ3v) is 2.25. The van der Waals surface area contributed by atoms with Crippen LogP contribution in [0.3, 0.4) is 0 Å². The zero-order chi connectivity index (χ0) is 14.5. The highest BCUT2D eigenvalue weighted by Crippen LogP contribution is 2.14. The van der Waals surface area contributed by atoms with Gasteiger partial charge in [0, 0.05) is 0 Å². The summed E-state index contributed by atoms with van der Waals surface area (Å²) in [4.78, 5) is 33.7. The number of carbonyl (C=O) groups is 3. The van der Waals surface area contributed by atoms with Gasteiger partial charge in [-0.25, -0.2) is 0 Å². The van der Waals surface area contributed by atoms with E-state index in [1.807, 2.05) is 21.1 Å². The molecule has 0 aromatic carbocycles. The average Bonchev–Trinajstić information content (AvgIpc) is 2.13. The fourth-order valence-electron chi connectivity index (χ4n) is 1.56. The van der Waals surface area contributed by atoms with E-state index in [1.54, 1.807) is 0 Å². The summed E-state index contributed by atoms with van der Waals surface area (Å²) < 4.78 is 5.34. The maximum atomic E-state index is 11.4. The molecule has 0 heterocycles. The predicted octanol–water partition coefficient (Wildman–Crippen LogP) is -1.15. The number of carbonyl (C=O) groups excluding carboxylic acids is 2. The number of ether oxygens (including phenoxy) is 1. The van der Waals surface area contributed by atoms with E-state index in [4.69, 9.17) is 15.6 Å². The van der Waals surface area contributed by atoms with E-state index in [9.17, 15) is 14.4 Å². The van der Waals surface area contributed by atoms with Crippen molar-refractivity contribution in [2.24, 2.45) is 11.7 Å². The molecule has 2 unspecified atom stereocenters. The lowest BCUT2D eigenvalue weighted by atomic mass is 9.97. The molecule has 0 aromatic heterocycles. The van der Waals surface area contributed by atoms with Crippen LogP contribution >= 0.6 is 0 Å². The van der Waals surface area contributed by atoms with E-state index in [1.165, 1.54) is 0 Å². The van der Waals surface area contributed by atoms with Crippen molar-refractivity contribution in [3.05, 3.63) is 0 Å². The summed E-state index contributed by atoms with van der Waals surface area (Å²) in [5, 5.41) is 9.05. The number of hydrogen-bond acceptors (Lipinski definition) is 5. The Labute approximate surface area is 106 Å². The van der Waals surface area contributed by atoms with E-state index >= 15 is 0 Å². The standard InChI is InChI=1S/C11H20N2O5/c1-7(14)10(11(16)17)8(6-13(2,3)4)18-9(15)5-12/h8,10H,5-6,12H2,1-4H3/p+1. The minimum Gasteiger partial charge on any atom is -0.481 e. The number of likely N-dealkylation sites (N-methyl/N-ethyl adjacent to an activating group) is 1. The van der Waals surface area contributed by atoms with Crippen LogP contribution in [0.1, 0.15) is 6.92 Å². The maximum Gasteiger partial charge on any atom is 0.320 e. The number of rotatable bonds is 7. The van der Waals surface area contributed by atoms with Crippen molar-refractivity contribution >= 4 is 17.7 Å². The molecule has 0 radical (unpaired) electrons. The quantitative estimate of drug-likeness (QED) is 0.340. The molecule has 0 amide bonds. The molecular formula is C11H21N2O5+. The molecule has 0 spiro atoms. The van der Waals surface area contributed by atoms with Crippen LogP contribution in [-0.4, -0.2) is 67.6 Å². The van der Waals surface area contributed by atoms with Crippen LogP contribution in [0, 0.1) is 5.92 Å². The third-order valence-electron chi connectivity index (χ3n) is 2.25. The number of esters is 1. The molecule has 0 fully saturated rings. The summed E-state index contributed by atoms with van der Waals surface area (Å²) >= 11 is 0. The zero-order valence-electron chi connectivity index (χ0n) is 11.2. The van der Waals surface area contributed by atoms with E-state index in [-0.39, 0.29) is 13.1 Å². The Kier molecular flexibility index (Phi) is 5.93. The Bertz CT molecular complexity index is 321. The molecule has 0 aliphatic rings. The van der Waals surface area contributed by atoms with Gasteiger partial charge < -0.3 is 20.1 Å². The number of carboxylic acid groups (broad SMARTS) is 1. The number of hydrogen-bond donors (Lipinski definition) is 2. The number of ketones is 1. The largest absolute Gasteiger partial charge is 0.481 e. The molecular weight excluding hydrogens is 240 g/mol. The monoisotopic (exact) mass is 261 g/mol. The summed E-state index contributed by atoms with van der Waals surface area (Å²) in [7, 11) is 5.42. The highest BCUT2D eigenvalue weighted by atomic mass is 16.5. The van der Waals surface area contributed by atoms with Crippen LogP contribution in [-0.2, 0) is 19.1 Å². The van der Waals surface area contributed by atoms with Gasteiger partial charge in [0.1, 0.15) is 12.3 Å². The Morgan fingerprint density at radius 2 is 1.78 bits per heavy atom. The van der Waals surface area contributed by atoms with Crippen molar-refractivity contribution < 1.29 is 28.7 Å². The first-order valence-electron chi connectivity index (χ1n) is 5.51. The summed E-state index contributed by atoms with van der Waals surface area (Å²) in [6, 6.07) is 0. The lowest BCUT2D eigenvalue weighted by molar-refractivity contribution is -0.873. The normalized spacial score (nSPS) is 14.7. The Balaban J connectivity index is 5.10. The number of quaternary nitrogens is 1. The Hall–Kier alpha value is -1.47. The second kappa shape index (κ2) is 6.46. The van der Waals surface area contributed by atoms with E-state index < -0.39 is 29.7 Å². The van der Waals surface area contributed by atoms with Crippen molar-refractivity contribution in [1.82, 2.24) is 0 Å². The SMILES string of the molecule is CC(=O)C(C(=O)O)C(C[N+](C)(C)C)OC(=O)CN. The molecule has 0 aliphatic carbocycles. The topological polar surface area (TPSA) is 107 Å². The number of Topliss-reactive ketones (excluding diaryl/α,β-unsaturated/α-hetero) is 1. The van der Waals surface area contributed by atoms with Gasteiger partial charge in [-0.15, -0.1) is 0 Å². The van der Waals surface area contributed by atoms with Gasteiger partial charge in [0.05, 0.1) is 27.7 Å². The molecule has 0 bridgehead atoms. The highest BCUT2D eigenvalue weighted by molar-refractivity contribution is 5.97. The molecule has 2 atom stereocenters. The van der Waals surface area contributed by atoms with Gasteiger partial charge in [-0.1, -0.05) is 0 Å². The number of aliphatic carboxylic acids is 1. The molecule has 0 aromatic rings. The zero-order valence-corrected chi connectivity index (χ0v) is 11.2. The first kappa shape index (κ1) is 16.5. The second-order valence-electron chi connectivity index (χ2n) is 5.13. The van der Waals surface area contributed by atoms with Gasteiger partial charge in [-0.3, -0.25) is 14.4 Å². The molecule has 0 saturated heterocycles. The van der Waals surface area contributed by atoms with Crippen molar-refractivity contribution in [2.75, 3.05) is 34.2 Å². The van der Waals surface area contributed by atoms with Crippen molar-refractivity contribution in [1.29, 1.82) is 0 Å². The third kappa shape index (κ3) is 5.74. The Morgan fingerprint density at radius 1 is 1.28 bits per heavy atom. The highest BCUT2D eigenvalue weighted by Gasteiger charge is 2.38. The van der Waals surface area contributed by atoms with Crippen molar-refractivity contribution in [2.45, 2.75) is 13.0 Å². The van der Waals surface area contributed by atoms with Crippen molar-refractivity contribution in [3.63, 3.8) is 0 Å². The molecule has 7 heteroatoms. The van der Waals surface area contributed by atoms with E-state index in [0.717, 1.165) is 6.92 Å². The van der Waals surface area contributed by atoms with Gasteiger partial charge >= 0.3 is 11.9 Å². The smallest absolute Gasteiger partial charge is 0.320 e. The molecule has 3 N–H and O–H groups in total. The molecule has 0 rings (SSSR count). The minimum absolute atomic E-state index is 0.211. The number of nitrogens with zero attached hydrogens (tertiary/aromatic N) is 1. The van der Waals surface area contributed by atoms with Crippen LogP contribution in [0.25, 0.3) is 0 Å². The summed E-state index contributed by atoms with van der Waals surface area (Å²) in [5.74, 6) is -3.93. The van der Waals surface area contributed by atoms with Crippen molar-refractivity contribution in [3.8, 4) is 0 Å². The first-order chi connectivity index (χ1) is 8.08.